The van der Waals surface area contributed by atoms with Gasteiger partial charge in [-0.05, 0) is 37.7 Å². The first-order valence-electron chi connectivity index (χ1n) is 5.92. The lowest BCUT2D eigenvalue weighted by Gasteiger charge is -2.28. The van der Waals surface area contributed by atoms with Crippen molar-refractivity contribution in [3.05, 3.63) is 0 Å². The minimum atomic E-state index is -0.954. The molecule has 0 spiro atoms. The van der Waals surface area contributed by atoms with Gasteiger partial charge in [0.05, 0.1) is 0 Å². The van der Waals surface area contributed by atoms with Crippen molar-refractivity contribution >= 4 is 23.8 Å². The fourth-order valence-electron chi connectivity index (χ4n) is 1.83. The van der Waals surface area contributed by atoms with Crippen LogP contribution in [-0.2, 0) is 4.79 Å². The second-order valence-corrected chi connectivity index (χ2v) is 5.16. The molecule has 0 aliphatic carbocycles. The van der Waals surface area contributed by atoms with Crippen molar-refractivity contribution < 1.29 is 14.7 Å². The molecule has 1 heterocycles. The van der Waals surface area contributed by atoms with Crippen LogP contribution in [0.3, 0.4) is 0 Å². The molecular formula is C11H20N2O3S. The first kappa shape index (κ1) is 14.2. The normalized spacial score (nSPS) is 17.6. The molecular weight excluding hydrogens is 240 g/mol. The van der Waals surface area contributed by atoms with Crippen molar-refractivity contribution in [2.24, 2.45) is 0 Å². The largest absolute Gasteiger partial charge is 0.480 e. The highest BCUT2D eigenvalue weighted by atomic mass is 32.2. The molecule has 0 unspecified atom stereocenters. The molecule has 0 aromatic carbocycles. The maximum absolute atomic E-state index is 11.8. The van der Waals surface area contributed by atoms with E-state index in [1.165, 1.54) is 0 Å². The van der Waals surface area contributed by atoms with Gasteiger partial charge in [-0.3, -0.25) is 0 Å². The Hall–Kier alpha value is -0.910. The summed E-state index contributed by atoms with van der Waals surface area (Å²) in [5, 5.41) is 11.6. The number of thioether (sulfide) groups is 1. The van der Waals surface area contributed by atoms with Gasteiger partial charge in [-0.25, -0.2) is 9.59 Å². The van der Waals surface area contributed by atoms with Crippen LogP contribution < -0.4 is 5.32 Å². The molecule has 0 aromatic heterocycles. The summed E-state index contributed by atoms with van der Waals surface area (Å²) in [5.74, 6) is -0.221. The zero-order valence-corrected chi connectivity index (χ0v) is 11.0. The summed E-state index contributed by atoms with van der Waals surface area (Å²) >= 11 is 1.58. The third-order valence-electron chi connectivity index (χ3n) is 2.85. The molecule has 2 amide bonds. The van der Waals surface area contributed by atoms with Crippen molar-refractivity contribution in [1.29, 1.82) is 0 Å². The number of aliphatic carboxylic acids is 1. The monoisotopic (exact) mass is 260 g/mol. The Labute approximate surface area is 106 Å². The van der Waals surface area contributed by atoms with E-state index in [2.05, 4.69) is 5.32 Å². The maximum Gasteiger partial charge on any atom is 0.326 e. The molecule has 98 valence electrons. The van der Waals surface area contributed by atoms with E-state index in [0.717, 1.165) is 38.1 Å². The Morgan fingerprint density at radius 2 is 2.00 bits per heavy atom. The quantitative estimate of drug-likeness (QED) is 0.783. The number of piperidine rings is 1. The highest BCUT2D eigenvalue weighted by Crippen LogP contribution is 2.09. The zero-order chi connectivity index (χ0) is 12.7. The summed E-state index contributed by atoms with van der Waals surface area (Å²) in [5.41, 5.74) is 0. The highest BCUT2D eigenvalue weighted by Gasteiger charge is 2.23. The number of carbonyl (C=O) groups excluding carboxylic acids is 1. The number of urea groups is 1. The van der Waals surface area contributed by atoms with Crippen LogP contribution in [-0.4, -0.2) is 53.1 Å². The molecule has 1 aliphatic rings. The molecule has 1 atom stereocenters. The van der Waals surface area contributed by atoms with E-state index in [0.29, 0.717) is 6.42 Å². The van der Waals surface area contributed by atoms with Crippen LogP contribution in [0.2, 0.25) is 0 Å². The van der Waals surface area contributed by atoms with Crippen molar-refractivity contribution in [2.75, 3.05) is 25.1 Å². The Morgan fingerprint density at radius 3 is 2.53 bits per heavy atom. The smallest absolute Gasteiger partial charge is 0.326 e. The number of nitrogens with one attached hydrogen (secondary N) is 1. The summed E-state index contributed by atoms with van der Waals surface area (Å²) in [7, 11) is 0. The topological polar surface area (TPSA) is 69.6 Å². The van der Waals surface area contributed by atoms with Gasteiger partial charge in [0.1, 0.15) is 6.04 Å². The Morgan fingerprint density at radius 1 is 1.35 bits per heavy atom. The zero-order valence-electron chi connectivity index (χ0n) is 10.1. The van der Waals surface area contributed by atoms with Crippen LogP contribution in [0.15, 0.2) is 0 Å². The van der Waals surface area contributed by atoms with E-state index in [1.54, 1.807) is 16.7 Å². The van der Waals surface area contributed by atoms with Gasteiger partial charge >= 0.3 is 12.0 Å². The Balaban J connectivity index is 2.42. The predicted molar refractivity (Wildman–Crippen MR) is 68.4 cm³/mol. The standard InChI is InChI=1S/C11H20N2O3S/c1-17-8-5-9(10(14)15)12-11(16)13-6-3-2-4-7-13/h9H,2-8H2,1H3,(H,12,16)(H,14,15)/t9-/m0/s1. The minimum Gasteiger partial charge on any atom is -0.480 e. The fraction of sp³-hybridized carbons (Fsp3) is 0.818. The molecule has 2 N–H and O–H groups in total. The van der Waals surface area contributed by atoms with Gasteiger partial charge in [0, 0.05) is 13.1 Å². The van der Waals surface area contributed by atoms with Gasteiger partial charge in [0.15, 0.2) is 0 Å². The summed E-state index contributed by atoms with van der Waals surface area (Å²) in [6, 6.07) is -1.00. The second-order valence-electron chi connectivity index (χ2n) is 4.17. The summed E-state index contributed by atoms with van der Waals surface area (Å²) in [4.78, 5) is 24.5. The van der Waals surface area contributed by atoms with Crippen LogP contribution >= 0.6 is 11.8 Å². The van der Waals surface area contributed by atoms with E-state index in [9.17, 15) is 9.59 Å². The van der Waals surface area contributed by atoms with E-state index in [1.807, 2.05) is 6.26 Å². The molecule has 1 rings (SSSR count). The number of likely N-dealkylation sites (tertiary alicyclic amines) is 1. The molecule has 1 saturated heterocycles. The first-order chi connectivity index (χ1) is 8.15. The lowest BCUT2D eigenvalue weighted by Crippen LogP contribution is -2.49. The number of amides is 2. The van der Waals surface area contributed by atoms with Crippen LogP contribution in [0, 0.1) is 0 Å². The van der Waals surface area contributed by atoms with Crippen LogP contribution in [0.4, 0.5) is 4.79 Å². The molecule has 0 saturated carbocycles. The molecule has 5 nitrogen and oxygen atoms in total. The third kappa shape index (κ3) is 4.85. The second kappa shape index (κ2) is 7.42. The van der Waals surface area contributed by atoms with Crippen molar-refractivity contribution in [2.45, 2.75) is 31.7 Å². The summed E-state index contributed by atoms with van der Waals surface area (Å²) < 4.78 is 0. The number of rotatable bonds is 5. The highest BCUT2D eigenvalue weighted by molar-refractivity contribution is 7.98. The SMILES string of the molecule is CSCC[C@H](NC(=O)N1CCCCC1)C(=O)O. The number of nitrogens with zero attached hydrogens (tertiary/aromatic N) is 1. The van der Waals surface area contributed by atoms with E-state index >= 15 is 0 Å². The lowest BCUT2D eigenvalue weighted by molar-refractivity contribution is -0.139. The van der Waals surface area contributed by atoms with E-state index in [-0.39, 0.29) is 6.03 Å². The predicted octanol–water partition coefficient (Wildman–Crippen LogP) is 1.39. The van der Waals surface area contributed by atoms with Gasteiger partial charge < -0.3 is 15.3 Å². The Kier molecular flexibility index (Phi) is 6.18. The lowest BCUT2D eigenvalue weighted by atomic mass is 10.1. The number of carbonyl (C=O) groups is 2. The number of hydrogen-bond donors (Lipinski definition) is 2. The van der Waals surface area contributed by atoms with Crippen molar-refractivity contribution in [3.8, 4) is 0 Å². The first-order valence-corrected chi connectivity index (χ1v) is 7.31. The molecule has 6 heteroatoms. The van der Waals surface area contributed by atoms with Crippen LogP contribution in [0.25, 0.3) is 0 Å². The Bertz CT molecular complexity index is 267. The minimum absolute atomic E-state index is 0.238. The van der Waals surface area contributed by atoms with Gasteiger partial charge in [-0.2, -0.15) is 11.8 Å². The summed E-state index contributed by atoms with van der Waals surface area (Å²) in [6.07, 6.45) is 5.56. The van der Waals surface area contributed by atoms with Gasteiger partial charge in [-0.1, -0.05) is 0 Å². The number of carboxylic acid groups (broad SMARTS) is 1. The van der Waals surface area contributed by atoms with Gasteiger partial charge in [-0.15, -0.1) is 0 Å². The summed E-state index contributed by atoms with van der Waals surface area (Å²) in [6.45, 7) is 1.47. The van der Waals surface area contributed by atoms with Crippen LogP contribution in [0.5, 0.6) is 0 Å². The third-order valence-corrected chi connectivity index (χ3v) is 3.49. The number of hydrogen-bond acceptors (Lipinski definition) is 3. The van der Waals surface area contributed by atoms with Crippen molar-refractivity contribution in [1.82, 2.24) is 10.2 Å². The molecule has 17 heavy (non-hydrogen) atoms. The average Bonchev–Trinajstić information content (AvgIpc) is 2.35. The van der Waals surface area contributed by atoms with E-state index in [4.69, 9.17) is 5.11 Å². The molecule has 0 radical (unpaired) electrons. The van der Waals surface area contributed by atoms with Crippen LogP contribution in [0.1, 0.15) is 25.7 Å². The van der Waals surface area contributed by atoms with Gasteiger partial charge in [0.2, 0.25) is 0 Å². The average molecular weight is 260 g/mol. The van der Waals surface area contributed by atoms with Crippen molar-refractivity contribution in [3.63, 3.8) is 0 Å². The molecule has 0 aromatic rings. The van der Waals surface area contributed by atoms with Gasteiger partial charge in [0.25, 0.3) is 0 Å². The van der Waals surface area contributed by atoms with E-state index < -0.39 is 12.0 Å². The maximum atomic E-state index is 11.8. The molecule has 0 bridgehead atoms. The molecule has 1 aliphatic heterocycles. The number of carboxylic acids is 1. The molecule has 1 fully saturated rings. The fourth-order valence-corrected chi connectivity index (χ4v) is 2.30.